The minimum atomic E-state index is -0.375. The monoisotopic (exact) mass is 365 g/mol. The van der Waals surface area contributed by atoms with Crippen molar-refractivity contribution in [1.29, 1.82) is 0 Å². The molecule has 0 saturated carbocycles. The van der Waals surface area contributed by atoms with Gasteiger partial charge in [-0.15, -0.1) is 0 Å². The minimum Gasteiger partial charge on any atom is -0.473 e. The van der Waals surface area contributed by atoms with E-state index in [-0.39, 0.29) is 11.6 Å². The van der Waals surface area contributed by atoms with E-state index in [2.05, 4.69) is 0 Å². The first-order chi connectivity index (χ1) is 13.0. The van der Waals surface area contributed by atoms with Crippen molar-refractivity contribution in [3.05, 3.63) is 69.1 Å². The summed E-state index contributed by atoms with van der Waals surface area (Å²) in [6.45, 7) is 4.60. The van der Waals surface area contributed by atoms with Crippen molar-refractivity contribution in [3.8, 4) is 5.75 Å². The second-order valence-corrected chi connectivity index (χ2v) is 6.57. The first-order valence-electron chi connectivity index (χ1n) is 8.61. The summed E-state index contributed by atoms with van der Waals surface area (Å²) < 4.78 is 16.2. The summed E-state index contributed by atoms with van der Waals surface area (Å²) >= 11 is 0. The summed E-state index contributed by atoms with van der Waals surface area (Å²) in [7, 11) is 1.36. The average molecular weight is 365 g/mol. The number of rotatable bonds is 2. The quantitative estimate of drug-likeness (QED) is 0.511. The summed E-state index contributed by atoms with van der Waals surface area (Å²) in [6.07, 6.45) is 0. The molecule has 27 heavy (non-hydrogen) atoms. The molecule has 138 valence electrons. The van der Waals surface area contributed by atoms with Crippen LogP contribution in [0.25, 0.3) is 11.0 Å². The molecule has 1 aliphatic heterocycles. The second kappa shape index (κ2) is 6.46. The van der Waals surface area contributed by atoms with Crippen LogP contribution in [0.15, 0.2) is 45.6 Å². The fraction of sp³-hybridized carbons (Fsp3) is 0.238. The molecule has 3 aromatic rings. The Morgan fingerprint density at radius 2 is 1.81 bits per heavy atom. The third kappa shape index (κ3) is 2.83. The molecule has 0 radical (unpaired) electrons. The maximum atomic E-state index is 12.2. The van der Waals surface area contributed by atoms with E-state index >= 15 is 0 Å². The Labute approximate surface area is 155 Å². The normalized spacial score (nSPS) is 13.2. The van der Waals surface area contributed by atoms with Gasteiger partial charge >= 0.3 is 11.6 Å². The largest absolute Gasteiger partial charge is 0.473 e. The third-order valence-electron chi connectivity index (χ3n) is 5.06. The number of nitrogens with zero attached hydrogens (tertiary/aromatic N) is 1. The van der Waals surface area contributed by atoms with Gasteiger partial charge in [-0.3, -0.25) is 0 Å². The molecule has 4 rings (SSSR count). The number of ether oxygens (including phenoxy) is 2. The van der Waals surface area contributed by atoms with E-state index in [1.54, 1.807) is 19.1 Å². The maximum absolute atomic E-state index is 12.2. The first kappa shape index (κ1) is 17.1. The molecule has 0 saturated heterocycles. The zero-order valence-corrected chi connectivity index (χ0v) is 15.4. The van der Waals surface area contributed by atoms with Gasteiger partial charge in [0.15, 0.2) is 6.73 Å². The second-order valence-electron chi connectivity index (χ2n) is 6.57. The van der Waals surface area contributed by atoms with Crippen molar-refractivity contribution in [2.45, 2.75) is 20.4 Å². The van der Waals surface area contributed by atoms with Crippen LogP contribution in [0, 0.1) is 13.8 Å². The Balaban J connectivity index is 1.74. The molecule has 0 bridgehead atoms. The molecule has 0 unspecified atom stereocenters. The van der Waals surface area contributed by atoms with Gasteiger partial charge in [0.05, 0.1) is 24.8 Å². The molecular weight excluding hydrogens is 346 g/mol. The summed E-state index contributed by atoms with van der Waals surface area (Å²) in [4.78, 5) is 25.8. The summed E-state index contributed by atoms with van der Waals surface area (Å²) in [5.74, 6) is 0.344. The fourth-order valence-electron chi connectivity index (χ4n) is 3.31. The number of benzene rings is 2. The first-order valence-corrected chi connectivity index (χ1v) is 8.61. The molecule has 0 fully saturated rings. The molecule has 0 spiro atoms. The topological polar surface area (TPSA) is 69.0 Å². The molecule has 2 aromatic carbocycles. The van der Waals surface area contributed by atoms with E-state index in [1.807, 2.05) is 36.1 Å². The van der Waals surface area contributed by atoms with Crippen molar-refractivity contribution in [1.82, 2.24) is 0 Å². The van der Waals surface area contributed by atoms with Gasteiger partial charge in [0.25, 0.3) is 0 Å². The molecule has 6 heteroatoms. The van der Waals surface area contributed by atoms with Crippen LogP contribution in [-0.2, 0) is 11.3 Å². The predicted octanol–water partition coefficient (Wildman–Crippen LogP) is 3.55. The molecule has 1 aromatic heterocycles. The Bertz CT molecular complexity index is 1100. The van der Waals surface area contributed by atoms with Gasteiger partial charge in [-0.2, -0.15) is 0 Å². The number of fused-ring (bicyclic) bond motifs is 3. The van der Waals surface area contributed by atoms with Crippen LogP contribution in [0.5, 0.6) is 5.75 Å². The summed E-state index contributed by atoms with van der Waals surface area (Å²) in [5.41, 5.74) is 4.01. The Kier molecular flexibility index (Phi) is 4.11. The number of hydrogen-bond acceptors (Lipinski definition) is 6. The average Bonchev–Trinajstić information content (AvgIpc) is 2.71. The highest BCUT2D eigenvalue weighted by atomic mass is 16.5. The van der Waals surface area contributed by atoms with Crippen LogP contribution in [0.4, 0.5) is 5.69 Å². The summed E-state index contributed by atoms with van der Waals surface area (Å²) in [6, 6.07) is 11.0. The number of esters is 1. The van der Waals surface area contributed by atoms with Crippen LogP contribution < -0.4 is 15.3 Å². The molecule has 0 N–H and O–H groups in total. The Morgan fingerprint density at radius 1 is 1.07 bits per heavy atom. The molecule has 0 aliphatic carbocycles. The van der Waals surface area contributed by atoms with Crippen LogP contribution >= 0.6 is 0 Å². The summed E-state index contributed by atoms with van der Waals surface area (Å²) in [5, 5.41) is 0.914. The van der Waals surface area contributed by atoms with Crippen LogP contribution in [0.1, 0.15) is 27.0 Å². The molecule has 0 amide bonds. The maximum Gasteiger partial charge on any atom is 0.339 e. The molecular formula is C21H19NO5. The lowest BCUT2D eigenvalue weighted by atomic mass is 10.0. The lowest BCUT2D eigenvalue weighted by Crippen LogP contribution is -2.32. The SMILES string of the molecule is COC(=O)c1ccc(N2COc3ccc4c(C)c(C)c(=O)oc4c3C2)cc1. The third-order valence-corrected chi connectivity index (χ3v) is 5.06. The zero-order valence-electron chi connectivity index (χ0n) is 15.4. The van der Waals surface area contributed by atoms with Gasteiger partial charge in [0.1, 0.15) is 11.3 Å². The standard InChI is InChI=1S/C21H19NO5/c1-12-13(2)20(23)27-19-16(12)8-9-18-17(19)10-22(11-26-18)15-6-4-14(5-7-15)21(24)25-3/h4-9H,10-11H2,1-3H3. The van der Waals surface area contributed by atoms with E-state index in [0.29, 0.717) is 30.0 Å². The number of anilines is 1. The lowest BCUT2D eigenvalue weighted by molar-refractivity contribution is 0.0601. The molecule has 2 heterocycles. The highest BCUT2D eigenvalue weighted by molar-refractivity contribution is 5.90. The fourth-order valence-corrected chi connectivity index (χ4v) is 3.31. The van der Waals surface area contributed by atoms with Gasteiger partial charge in [-0.25, -0.2) is 9.59 Å². The zero-order chi connectivity index (χ0) is 19.1. The highest BCUT2D eigenvalue weighted by Crippen LogP contribution is 2.35. The van der Waals surface area contributed by atoms with E-state index in [4.69, 9.17) is 13.9 Å². The van der Waals surface area contributed by atoms with Crippen molar-refractivity contribution in [2.75, 3.05) is 18.7 Å². The number of aryl methyl sites for hydroxylation is 1. The van der Waals surface area contributed by atoms with Gasteiger partial charge < -0.3 is 18.8 Å². The van der Waals surface area contributed by atoms with Gasteiger partial charge in [-0.1, -0.05) is 0 Å². The smallest absolute Gasteiger partial charge is 0.339 e. The Morgan fingerprint density at radius 3 is 2.52 bits per heavy atom. The minimum absolute atomic E-state index is 0.326. The molecule has 1 aliphatic rings. The van der Waals surface area contributed by atoms with Crippen LogP contribution in [0.3, 0.4) is 0 Å². The van der Waals surface area contributed by atoms with Crippen molar-refractivity contribution in [2.24, 2.45) is 0 Å². The van der Waals surface area contributed by atoms with Crippen LogP contribution in [-0.4, -0.2) is 19.8 Å². The molecule has 6 nitrogen and oxygen atoms in total. The van der Waals surface area contributed by atoms with Gasteiger partial charge in [0.2, 0.25) is 0 Å². The van der Waals surface area contributed by atoms with E-state index < -0.39 is 0 Å². The highest BCUT2D eigenvalue weighted by Gasteiger charge is 2.23. The number of carbonyl (C=O) groups excluding carboxylic acids is 1. The van der Waals surface area contributed by atoms with Gasteiger partial charge in [0, 0.05) is 16.6 Å². The van der Waals surface area contributed by atoms with E-state index in [1.165, 1.54) is 7.11 Å². The van der Waals surface area contributed by atoms with E-state index in [0.717, 1.165) is 28.0 Å². The van der Waals surface area contributed by atoms with Crippen molar-refractivity contribution >= 4 is 22.6 Å². The van der Waals surface area contributed by atoms with Crippen molar-refractivity contribution < 1.29 is 18.7 Å². The lowest BCUT2D eigenvalue weighted by Gasteiger charge is -2.31. The number of carbonyl (C=O) groups is 1. The predicted molar refractivity (Wildman–Crippen MR) is 101 cm³/mol. The Hall–Kier alpha value is -3.28. The number of hydrogen-bond donors (Lipinski definition) is 0. The van der Waals surface area contributed by atoms with E-state index in [9.17, 15) is 9.59 Å². The van der Waals surface area contributed by atoms with Crippen LogP contribution in [0.2, 0.25) is 0 Å². The molecule has 0 atom stereocenters. The van der Waals surface area contributed by atoms with Gasteiger partial charge in [-0.05, 0) is 55.8 Å². The van der Waals surface area contributed by atoms with Crippen molar-refractivity contribution in [3.63, 3.8) is 0 Å². The number of methoxy groups -OCH3 is 1.